The van der Waals surface area contributed by atoms with Crippen LogP contribution < -0.4 is 0 Å². The lowest BCUT2D eigenvalue weighted by atomic mass is 9.90. The first-order valence-electron chi connectivity index (χ1n) is 8.28. The van der Waals surface area contributed by atoms with E-state index in [1.165, 1.54) is 0 Å². The minimum atomic E-state index is -0.343. The predicted octanol–water partition coefficient (Wildman–Crippen LogP) is 4.18. The molecule has 0 aliphatic rings. The number of carbonyl (C=O) groups excluding carboxylic acids is 1. The number of rotatable bonds is 5. The van der Waals surface area contributed by atoms with Crippen LogP contribution in [0.1, 0.15) is 22.6 Å². The van der Waals surface area contributed by atoms with E-state index in [4.69, 9.17) is 0 Å². The van der Waals surface area contributed by atoms with Crippen molar-refractivity contribution in [3.63, 3.8) is 0 Å². The normalized spacial score (nSPS) is 10.6. The molecule has 3 heteroatoms. The van der Waals surface area contributed by atoms with Gasteiger partial charge in [-0.15, -0.1) is 0 Å². The van der Waals surface area contributed by atoms with Crippen LogP contribution in [0.15, 0.2) is 84.9 Å². The Hall–Kier alpha value is -3.07. The van der Waals surface area contributed by atoms with Crippen molar-refractivity contribution in [3.05, 3.63) is 102 Å². The Bertz CT molecular complexity index is 791. The first-order valence-corrected chi connectivity index (χ1v) is 8.28. The van der Waals surface area contributed by atoms with E-state index < -0.39 is 0 Å². The number of nitrogens with zero attached hydrogens (tertiary/aromatic N) is 1. The molecule has 3 aromatic rings. The Morgan fingerprint density at radius 1 is 0.880 bits per heavy atom. The van der Waals surface area contributed by atoms with E-state index in [-0.39, 0.29) is 17.6 Å². The number of benzene rings is 3. The molecular formula is C22H21NO2. The molecule has 0 bridgehead atoms. The van der Waals surface area contributed by atoms with Gasteiger partial charge in [-0.2, -0.15) is 0 Å². The first kappa shape index (κ1) is 16.8. The fourth-order valence-electron chi connectivity index (χ4n) is 3.00. The SMILES string of the molecule is CN(Cc1cccc(O)c1)C(=O)C(c1ccccc1)c1ccccc1. The zero-order valence-corrected chi connectivity index (χ0v) is 14.2. The molecule has 3 aromatic carbocycles. The van der Waals surface area contributed by atoms with Crippen LogP contribution in [0.4, 0.5) is 0 Å². The molecule has 0 aromatic heterocycles. The monoisotopic (exact) mass is 331 g/mol. The van der Waals surface area contributed by atoms with Crippen LogP contribution in [0.2, 0.25) is 0 Å². The summed E-state index contributed by atoms with van der Waals surface area (Å²) < 4.78 is 0. The average Bonchev–Trinajstić information content (AvgIpc) is 2.63. The summed E-state index contributed by atoms with van der Waals surface area (Å²) in [6.07, 6.45) is 0. The lowest BCUT2D eigenvalue weighted by Crippen LogP contribution is -2.32. The van der Waals surface area contributed by atoms with Crippen molar-refractivity contribution in [2.24, 2.45) is 0 Å². The second kappa shape index (κ2) is 7.67. The van der Waals surface area contributed by atoms with Gasteiger partial charge < -0.3 is 10.0 Å². The van der Waals surface area contributed by atoms with Gasteiger partial charge in [0, 0.05) is 13.6 Å². The number of phenolic OH excluding ortho intramolecular Hbond substituents is 1. The van der Waals surface area contributed by atoms with Crippen LogP contribution >= 0.6 is 0 Å². The zero-order valence-electron chi connectivity index (χ0n) is 14.2. The van der Waals surface area contributed by atoms with Crippen LogP contribution in [-0.4, -0.2) is 23.0 Å². The minimum Gasteiger partial charge on any atom is -0.508 e. The largest absolute Gasteiger partial charge is 0.508 e. The number of hydrogen-bond donors (Lipinski definition) is 1. The average molecular weight is 331 g/mol. The zero-order chi connectivity index (χ0) is 17.6. The Labute approximate surface area is 148 Å². The summed E-state index contributed by atoms with van der Waals surface area (Å²) in [5.74, 6) is -0.105. The molecule has 3 nitrogen and oxygen atoms in total. The summed E-state index contributed by atoms with van der Waals surface area (Å²) >= 11 is 0. The fourth-order valence-corrected chi connectivity index (χ4v) is 3.00. The van der Waals surface area contributed by atoms with Gasteiger partial charge in [-0.25, -0.2) is 0 Å². The van der Waals surface area contributed by atoms with E-state index in [1.807, 2.05) is 66.7 Å². The van der Waals surface area contributed by atoms with E-state index >= 15 is 0 Å². The highest BCUT2D eigenvalue weighted by Crippen LogP contribution is 2.27. The quantitative estimate of drug-likeness (QED) is 0.762. The molecule has 0 fully saturated rings. The smallest absolute Gasteiger partial charge is 0.234 e. The highest BCUT2D eigenvalue weighted by molar-refractivity contribution is 5.87. The second-order valence-electron chi connectivity index (χ2n) is 6.12. The van der Waals surface area contributed by atoms with E-state index in [1.54, 1.807) is 30.1 Å². The molecule has 3 rings (SSSR count). The molecule has 25 heavy (non-hydrogen) atoms. The van der Waals surface area contributed by atoms with E-state index in [9.17, 15) is 9.90 Å². The number of likely N-dealkylation sites (N-methyl/N-ethyl adjacent to an activating group) is 1. The van der Waals surface area contributed by atoms with Gasteiger partial charge in [0.2, 0.25) is 5.91 Å². The number of hydrogen-bond acceptors (Lipinski definition) is 2. The third-order valence-electron chi connectivity index (χ3n) is 4.22. The molecule has 0 spiro atoms. The van der Waals surface area contributed by atoms with Crippen molar-refractivity contribution in [1.29, 1.82) is 0 Å². The van der Waals surface area contributed by atoms with Crippen molar-refractivity contribution < 1.29 is 9.90 Å². The van der Waals surface area contributed by atoms with Crippen molar-refractivity contribution in [2.75, 3.05) is 7.05 Å². The van der Waals surface area contributed by atoms with Crippen molar-refractivity contribution >= 4 is 5.91 Å². The molecule has 0 heterocycles. The molecule has 0 atom stereocenters. The van der Waals surface area contributed by atoms with Gasteiger partial charge in [0.15, 0.2) is 0 Å². The Balaban J connectivity index is 1.89. The topological polar surface area (TPSA) is 40.5 Å². The van der Waals surface area contributed by atoms with E-state index in [0.29, 0.717) is 6.54 Å². The molecule has 0 aliphatic carbocycles. The molecule has 126 valence electrons. The van der Waals surface area contributed by atoms with Crippen LogP contribution in [0.3, 0.4) is 0 Å². The molecule has 0 aliphatic heterocycles. The molecule has 0 radical (unpaired) electrons. The van der Waals surface area contributed by atoms with Crippen LogP contribution in [0.25, 0.3) is 0 Å². The highest BCUT2D eigenvalue weighted by Gasteiger charge is 2.25. The van der Waals surface area contributed by atoms with Gasteiger partial charge in [0.25, 0.3) is 0 Å². The van der Waals surface area contributed by atoms with Gasteiger partial charge in [-0.1, -0.05) is 72.8 Å². The maximum Gasteiger partial charge on any atom is 0.234 e. The third-order valence-corrected chi connectivity index (χ3v) is 4.22. The summed E-state index contributed by atoms with van der Waals surface area (Å²) in [7, 11) is 1.80. The molecule has 1 N–H and O–H groups in total. The Kier molecular flexibility index (Phi) is 5.14. The molecule has 0 saturated heterocycles. The molecular weight excluding hydrogens is 310 g/mol. The highest BCUT2D eigenvalue weighted by atomic mass is 16.3. The standard InChI is InChI=1S/C22H21NO2/c1-23(16-17-9-8-14-20(24)15-17)22(25)21(18-10-4-2-5-11-18)19-12-6-3-7-13-19/h2-15,21,24H,16H2,1H3. The van der Waals surface area contributed by atoms with Crippen LogP contribution in [0, 0.1) is 0 Å². The first-order chi connectivity index (χ1) is 12.1. The van der Waals surface area contributed by atoms with Crippen LogP contribution in [0.5, 0.6) is 5.75 Å². The predicted molar refractivity (Wildman–Crippen MR) is 99.3 cm³/mol. The number of aromatic hydroxyl groups is 1. The number of carbonyl (C=O) groups is 1. The lowest BCUT2D eigenvalue weighted by molar-refractivity contribution is -0.131. The van der Waals surface area contributed by atoms with Crippen molar-refractivity contribution in [2.45, 2.75) is 12.5 Å². The van der Waals surface area contributed by atoms with Crippen molar-refractivity contribution in [1.82, 2.24) is 4.90 Å². The van der Waals surface area contributed by atoms with Gasteiger partial charge >= 0.3 is 0 Å². The Morgan fingerprint density at radius 2 is 1.44 bits per heavy atom. The molecule has 0 unspecified atom stereocenters. The maximum absolute atomic E-state index is 13.2. The number of phenols is 1. The summed E-state index contributed by atoms with van der Waals surface area (Å²) in [6, 6.07) is 26.7. The lowest BCUT2D eigenvalue weighted by Gasteiger charge is -2.25. The van der Waals surface area contributed by atoms with E-state index in [2.05, 4.69) is 0 Å². The van der Waals surface area contributed by atoms with Crippen molar-refractivity contribution in [3.8, 4) is 5.75 Å². The minimum absolute atomic E-state index is 0.0285. The molecule has 0 saturated carbocycles. The molecule has 1 amide bonds. The van der Waals surface area contributed by atoms with Gasteiger partial charge in [-0.3, -0.25) is 4.79 Å². The summed E-state index contributed by atoms with van der Waals surface area (Å²) in [5, 5.41) is 9.63. The Morgan fingerprint density at radius 3 is 1.96 bits per heavy atom. The van der Waals surface area contributed by atoms with Gasteiger partial charge in [0.05, 0.1) is 5.92 Å². The van der Waals surface area contributed by atoms with Crippen LogP contribution in [-0.2, 0) is 11.3 Å². The summed E-state index contributed by atoms with van der Waals surface area (Å²) in [5.41, 5.74) is 2.85. The number of amides is 1. The third kappa shape index (κ3) is 4.07. The van der Waals surface area contributed by atoms with Gasteiger partial charge in [-0.05, 0) is 28.8 Å². The second-order valence-corrected chi connectivity index (χ2v) is 6.12. The van der Waals surface area contributed by atoms with Gasteiger partial charge in [0.1, 0.15) is 5.75 Å². The van der Waals surface area contributed by atoms with E-state index in [0.717, 1.165) is 16.7 Å². The maximum atomic E-state index is 13.2. The fraction of sp³-hybridized carbons (Fsp3) is 0.136. The summed E-state index contributed by atoms with van der Waals surface area (Å²) in [6.45, 7) is 0.448. The summed E-state index contributed by atoms with van der Waals surface area (Å²) in [4.78, 5) is 14.9.